The van der Waals surface area contributed by atoms with E-state index in [9.17, 15) is 5.11 Å². The summed E-state index contributed by atoms with van der Waals surface area (Å²) in [4.78, 5) is 0. The van der Waals surface area contributed by atoms with Crippen molar-refractivity contribution >= 4 is 0 Å². The van der Waals surface area contributed by atoms with Crippen LogP contribution in [0.2, 0.25) is 0 Å². The van der Waals surface area contributed by atoms with Gasteiger partial charge in [-0.05, 0) is 37.4 Å². The molecular formula is C11H17NO2. The second-order valence-electron chi connectivity index (χ2n) is 3.96. The highest BCUT2D eigenvalue weighted by Crippen LogP contribution is 2.17. The van der Waals surface area contributed by atoms with Gasteiger partial charge in [0.15, 0.2) is 0 Å². The molecule has 0 amide bonds. The zero-order chi connectivity index (χ0) is 9.80. The molecule has 1 saturated heterocycles. The minimum absolute atomic E-state index is 0.269. The van der Waals surface area contributed by atoms with Crippen LogP contribution < -0.4 is 5.32 Å². The molecule has 0 spiro atoms. The maximum Gasteiger partial charge on any atom is 0.106 e. The molecule has 1 aromatic heterocycles. The smallest absolute Gasteiger partial charge is 0.106 e. The van der Waals surface area contributed by atoms with Crippen LogP contribution in [0.5, 0.6) is 0 Å². The molecule has 1 fully saturated rings. The van der Waals surface area contributed by atoms with E-state index < -0.39 is 0 Å². The van der Waals surface area contributed by atoms with Gasteiger partial charge in [-0.25, -0.2) is 0 Å². The summed E-state index contributed by atoms with van der Waals surface area (Å²) < 4.78 is 5.21. The van der Waals surface area contributed by atoms with E-state index in [4.69, 9.17) is 4.42 Å². The molecule has 0 radical (unpaired) electrons. The molecule has 2 heterocycles. The standard InChI is InChI=1S/C11H17NO2/c13-11(7-10-4-2-6-14-10)9-3-1-5-12-8-9/h2,4,6,9,11-13H,1,3,5,7-8H2. The predicted octanol–water partition coefficient (Wildman–Crippen LogP) is 1.18. The summed E-state index contributed by atoms with van der Waals surface area (Å²) in [5.74, 6) is 1.26. The average Bonchev–Trinajstić information content (AvgIpc) is 2.72. The molecule has 2 rings (SSSR count). The number of hydrogen-bond acceptors (Lipinski definition) is 3. The van der Waals surface area contributed by atoms with Gasteiger partial charge >= 0.3 is 0 Å². The van der Waals surface area contributed by atoms with Crippen molar-refractivity contribution in [1.29, 1.82) is 0 Å². The van der Waals surface area contributed by atoms with Crippen molar-refractivity contribution in [2.45, 2.75) is 25.4 Å². The highest BCUT2D eigenvalue weighted by Gasteiger charge is 2.22. The van der Waals surface area contributed by atoms with Gasteiger partial charge in [-0.1, -0.05) is 0 Å². The topological polar surface area (TPSA) is 45.4 Å². The Morgan fingerprint density at radius 1 is 1.64 bits per heavy atom. The lowest BCUT2D eigenvalue weighted by molar-refractivity contribution is 0.0874. The van der Waals surface area contributed by atoms with Crippen LogP contribution in [-0.4, -0.2) is 24.3 Å². The van der Waals surface area contributed by atoms with E-state index in [1.54, 1.807) is 6.26 Å². The molecule has 1 aromatic rings. The van der Waals surface area contributed by atoms with Crippen LogP contribution in [0.4, 0.5) is 0 Å². The Kier molecular flexibility index (Phi) is 3.22. The van der Waals surface area contributed by atoms with Gasteiger partial charge in [-0.2, -0.15) is 0 Å². The molecule has 1 aliphatic heterocycles. The molecule has 0 saturated carbocycles. The Balaban J connectivity index is 1.85. The fourth-order valence-electron chi connectivity index (χ4n) is 2.01. The molecule has 14 heavy (non-hydrogen) atoms. The maximum atomic E-state index is 9.95. The molecule has 0 bridgehead atoms. The molecule has 3 nitrogen and oxygen atoms in total. The van der Waals surface area contributed by atoms with Crippen molar-refractivity contribution in [2.75, 3.05) is 13.1 Å². The van der Waals surface area contributed by atoms with Crippen molar-refractivity contribution in [3.05, 3.63) is 24.2 Å². The number of nitrogens with one attached hydrogen (secondary N) is 1. The number of aliphatic hydroxyl groups excluding tert-OH is 1. The number of rotatable bonds is 3. The quantitative estimate of drug-likeness (QED) is 0.761. The van der Waals surface area contributed by atoms with Crippen molar-refractivity contribution < 1.29 is 9.52 Å². The number of aliphatic hydroxyl groups is 1. The van der Waals surface area contributed by atoms with Gasteiger partial charge in [-0.3, -0.25) is 0 Å². The second-order valence-corrected chi connectivity index (χ2v) is 3.96. The summed E-state index contributed by atoms with van der Waals surface area (Å²) in [6, 6.07) is 3.78. The minimum Gasteiger partial charge on any atom is -0.469 e. The Hall–Kier alpha value is -0.800. The molecule has 0 aliphatic carbocycles. The van der Waals surface area contributed by atoms with Gasteiger partial charge in [0.1, 0.15) is 5.76 Å². The average molecular weight is 195 g/mol. The van der Waals surface area contributed by atoms with Crippen LogP contribution >= 0.6 is 0 Å². The van der Waals surface area contributed by atoms with Crippen molar-refractivity contribution in [2.24, 2.45) is 5.92 Å². The van der Waals surface area contributed by atoms with Crippen LogP contribution in [0.3, 0.4) is 0 Å². The zero-order valence-electron chi connectivity index (χ0n) is 8.28. The molecule has 2 atom stereocenters. The van der Waals surface area contributed by atoms with Gasteiger partial charge in [0.05, 0.1) is 12.4 Å². The second kappa shape index (κ2) is 4.62. The third kappa shape index (κ3) is 2.36. The zero-order valence-corrected chi connectivity index (χ0v) is 8.28. The van der Waals surface area contributed by atoms with Crippen LogP contribution in [-0.2, 0) is 6.42 Å². The molecule has 78 valence electrons. The summed E-state index contributed by atoms with van der Waals surface area (Å²) in [6.07, 6.45) is 4.31. The van der Waals surface area contributed by atoms with Crippen molar-refractivity contribution in [3.63, 3.8) is 0 Å². The lowest BCUT2D eigenvalue weighted by Gasteiger charge is -2.26. The number of piperidine rings is 1. The van der Waals surface area contributed by atoms with E-state index in [0.29, 0.717) is 12.3 Å². The Labute approximate surface area is 84.1 Å². The molecule has 2 unspecified atom stereocenters. The van der Waals surface area contributed by atoms with Gasteiger partial charge in [0.2, 0.25) is 0 Å². The summed E-state index contributed by atoms with van der Waals surface area (Å²) in [7, 11) is 0. The molecular weight excluding hydrogens is 178 g/mol. The van der Waals surface area contributed by atoms with Gasteiger partial charge in [0, 0.05) is 13.0 Å². The Morgan fingerprint density at radius 3 is 3.21 bits per heavy atom. The van der Waals surface area contributed by atoms with E-state index in [0.717, 1.165) is 25.3 Å². The summed E-state index contributed by atoms with van der Waals surface area (Å²) >= 11 is 0. The highest BCUT2D eigenvalue weighted by molar-refractivity contribution is 5.00. The van der Waals surface area contributed by atoms with E-state index >= 15 is 0 Å². The van der Waals surface area contributed by atoms with Gasteiger partial charge in [-0.15, -0.1) is 0 Å². The van der Waals surface area contributed by atoms with Gasteiger partial charge < -0.3 is 14.8 Å². The van der Waals surface area contributed by atoms with Crippen LogP contribution in [0.25, 0.3) is 0 Å². The van der Waals surface area contributed by atoms with E-state index in [1.165, 1.54) is 6.42 Å². The minimum atomic E-state index is -0.269. The van der Waals surface area contributed by atoms with Crippen LogP contribution in [0, 0.1) is 5.92 Å². The first kappa shape index (κ1) is 9.74. The van der Waals surface area contributed by atoms with Crippen LogP contribution in [0.1, 0.15) is 18.6 Å². The predicted molar refractivity (Wildman–Crippen MR) is 54.0 cm³/mol. The highest BCUT2D eigenvalue weighted by atomic mass is 16.3. The summed E-state index contributed by atoms with van der Waals surface area (Å²) in [5.41, 5.74) is 0. The van der Waals surface area contributed by atoms with E-state index in [1.807, 2.05) is 12.1 Å². The summed E-state index contributed by atoms with van der Waals surface area (Å²) in [6.45, 7) is 2.02. The lowest BCUT2D eigenvalue weighted by Crippen LogP contribution is -2.37. The SMILES string of the molecule is OC(Cc1ccco1)C1CCCNC1. The first-order valence-corrected chi connectivity index (χ1v) is 5.27. The van der Waals surface area contributed by atoms with Crippen molar-refractivity contribution in [1.82, 2.24) is 5.32 Å². The molecule has 3 heteroatoms. The normalized spacial score (nSPS) is 24.8. The monoisotopic (exact) mass is 195 g/mol. The third-order valence-electron chi connectivity index (χ3n) is 2.87. The fourth-order valence-corrected chi connectivity index (χ4v) is 2.01. The molecule has 1 aliphatic rings. The Bertz CT molecular complexity index is 252. The molecule has 0 aromatic carbocycles. The van der Waals surface area contributed by atoms with Crippen LogP contribution in [0.15, 0.2) is 22.8 Å². The lowest BCUT2D eigenvalue weighted by atomic mass is 9.91. The summed E-state index contributed by atoms with van der Waals surface area (Å²) in [5, 5.41) is 13.3. The first-order chi connectivity index (χ1) is 6.86. The van der Waals surface area contributed by atoms with E-state index in [-0.39, 0.29) is 6.10 Å². The molecule has 2 N–H and O–H groups in total. The number of furan rings is 1. The first-order valence-electron chi connectivity index (χ1n) is 5.27. The van der Waals surface area contributed by atoms with Crippen molar-refractivity contribution in [3.8, 4) is 0 Å². The van der Waals surface area contributed by atoms with E-state index in [2.05, 4.69) is 5.32 Å². The largest absolute Gasteiger partial charge is 0.469 e. The maximum absolute atomic E-state index is 9.95. The van der Waals surface area contributed by atoms with Gasteiger partial charge in [0.25, 0.3) is 0 Å². The Morgan fingerprint density at radius 2 is 2.57 bits per heavy atom. The third-order valence-corrected chi connectivity index (χ3v) is 2.87. The fraction of sp³-hybridized carbons (Fsp3) is 0.636. The number of hydrogen-bond donors (Lipinski definition) is 2.